The normalized spacial score (nSPS) is 16.6. The lowest BCUT2D eigenvalue weighted by Gasteiger charge is -2.35. The van der Waals surface area contributed by atoms with Crippen LogP contribution in [0.1, 0.15) is 26.7 Å². The molecular weight excluding hydrogens is 334 g/mol. The highest BCUT2D eigenvalue weighted by Crippen LogP contribution is 2.23. The minimum Gasteiger partial charge on any atom is -0.487 e. The van der Waals surface area contributed by atoms with Gasteiger partial charge in [-0.15, -0.1) is 0 Å². The van der Waals surface area contributed by atoms with Crippen LogP contribution in [0, 0.1) is 17.6 Å². The smallest absolute Gasteiger partial charge is 0.405 e. The average Bonchev–Trinajstić information content (AvgIpc) is 2.55. The Labute approximate surface area is 144 Å². The number of likely N-dealkylation sites (tertiary alicyclic amines) is 1. The molecule has 1 saturated heterocycles. The van der Waals surface area contributed by atoms with E-state index in [4.69, 9.17) is 9.84 Å². The Morgan fingerprint density at radius 2 is 1.92 bits per heavy atom. The van der Waals surface area contributed by atoms with Crippen molar-refractivity contribution in [3.63, 3.8) is 0 Å². The van der Waals surface area contributed by atoms with Crippen molar-refractivity contribution in [2.75, 3.05) is 13.1 Å². The van der Waals surface area contributed by atoms with Gasteiger partial charge in [0.1, 0.15) is 18.0 Å². The number of hydrogen-bond acceptors (Lipinski definition) is 3. The van der Waals surface area contributed by atoms with Gasteiger partial charge in [0.05, 0.1) is 0 Å². The first kappa shape index (κ1) is 19.0. The molecule has 1 aliphatic heterocycles. The third kappa shape index (κ3) is 5.04. The predicted octanol–water partition coefficient (Wildman–Crippen LogP) is 2.63. The molecule has 1 aromatic rings. The maximum Gasteiger partial charge on any atom is 0.405 e. The molecular formula is C17H22F2N2O4. The third-order valence-corrected chi connectivity index (χ3v) is 4.15. The summed E-state index contributed by atoms with van der Waals surface area (Å²) in [6.07, 6.45) is -0.549. The fourth-order valence-corrected chi connectivity index (χ4v) is 2.79. The number of carbonyl (C=O) groups is 2. The van der Waals surface area contributed by atoms with Gasteiger partial charge in [-0.3, -0.25) is 4.79 Å². The van der Waals surface area contributed by atoms with Gasteiger partial charge in [-0.25, -0.2) is 13.6 Å². The predicted molar refractivity (Wildman–Crippen MR) is 86.4 cm³/mol. The van der Waals surface area contributed by atoms with Gasteiger partial charge in [-0.1, -0.05) is 13.8 Å². The molecule has 1 atom stereocenters. The van der Waals surface area contributed by atoms with Crippen LogP contribution in [0.2, 0.25) is 0 Å². The molecule has 0 aromatic heterocycles. The Morgan fingerprint density at radius 1 is 1.28 bits per heavy atom. The summed E-state index contributed by atoms with van der Waals surface area (Å²) < 4.78 is 32.1. The summed E-state index contributed by atoms with van der Waals surface area (Å²) in [5.41, 5.74) is 0. The Balaban J connectivity index is 1.92. The maximum absolute atomic E-state index is 13.6. The van der Waals surface area contributed by atoms with Gasteiger partial charge in [0.15, 0.2) is 11.6 Å². The van der Waals surface area contributed by atoms with E-state index in [2.05, 4.69) is 5.32 Å². The summed E-state index contributed by atoms with van der Waals surface area (Å²) in [7, 11) is 0. The molecule has 1 aromatic carbocycles. The van der Waals surface area contributed by atoms with E-state index in [0.29, 0.717) is 25.9 Å². The molecule has 25 heavy (non-hydrogen) atoms. The van der Waals surface area contributed by atoms with Gasteiger partial charge in [0.25, 0.3) is 0 Å². The molecule has 0 bridgehead atoms. The van der Waals surface area contributed by atoms with Crippen LogP contribution in [-0.4, -0.2) is 47.2 Å². The highest BCUT2D eigenvalue weighted by atomic mass is 19.1. The van der Waals surface area contributed by atoms with E-state index >= 15 is 0 Å². The SMILES string of the molecule is CC(C)[C@H](NC(=O)O)C(=O)N1CCC(Oc2ccc(F)cc2F)CC1. The zero-order valence-corrected chi connectivity index (χ0v) is 14.2. The molecule has 0 radical (unpaired) electrons. The number of carboxylic acid groups (broad SMARTS) is 1. The van der Waals surface area contributed by atoms with Crippen molar-refractivity contribution in [3.8, 4) is 5.75 Å². The van der Waals surface area contributed by atoms with Crippen molar-refractivity contribution in [3.05, 3.63) is 29.8 Å². The number of carbonyl (C=O) groups excluding carboxylic acids is 1. The van der Waals surface area contributed by atoms with Crippen LogP contribution in [-0.2, 0) is 4.79 Å². The lowest BCUT2D eigenvalue weighted by molar-refractivity contribution is -0.136. The van der Waals surface area contributed by atoms with Gasteiger partial charge in [-0.2, -0.15) is 0 Å². The Hall–Kier alpha value is -2.38. The lowest BCUT2D eigenvalue weighted by Crippen LogP contribution is -2.53. The van der Waals surface area contributed by atoms with Crippen molar-refractivity contribution in [2.45, 2.75) is 38.8 Å². The minimum atomic E-state index is -1.24. The second-order valence-electron chi connectivity index (χ2n) is 6.39. The Bertz CT molecular complexity index is 631. The third-order valence-electron chi connectivity index (χ3n) is 4.15. The maximum atomic E-state index is 13.6. The highest BCUT2D eigenvalue weighted by molar-refractivity contribution is 5.85. The fraction of sp³-hybridized carbons (Fsp3) is 0.529. The van der Waals surface area contributed by atoms with Crippen molar-refractivity contribution in [2.24, 2.45) is 5.92 Å². The number of nitrogens with zero attached hydrogens (tertiary/aromatic N) is 1. The number of hydrogen-bond donors (Lipinski definition) is 2. The van der Waals surface area contributed by atoms with Gasteiger partial charge < -0.3 is 20.1 Å². The first-order valence-electron chi connectivity index (χ1n) is 8.18. The quantitative estimate of drug-likeness (QED) is 0.850. The molecule has 138 valence electrons. The van der Waals surface area contributed by atoms with Crippen LogP contribution >= 0.6 is 0 Å². The molecule has 0 aliphatic carbocycles. The van der Waals surface area contributed by atoms with E-state index in [1.165, 1.54) is 6.07 Å². The fourth-order valence-electron chi connectivity index (χ4n) is 2.79. The number of rotatable bonds is 5. The van der Waals surface area contributed by atoms with Crippen LogP contribution in [0.5, 0.6) is 5.75 Å². The molecule has 1 heterocycles. The highest BCUT2D eigenvalue weighted by Gasteiger charge is 2.31. The number of ether oxygens (including phenoxy) is 1. The monoisotopic (exact) mass is 356 g/mol. The molecule has 0 unspecified atom stereocenters. The van der Waals surface area contributed by atoms with E-state index in [1.54, 1.807) is 18.7 Å². The molecule has 1 fully saturated rings. The van der Waals surface area contributed by atoms with E-state index < -0.39 is 23.8 Å². The van der Waals surface area contributed by atoms with Crippen molar-refractivity contribution < 1.29 is 28.2 Å². The van der Waals surface area contributed by atoms with Gasteiger partial charge in [-0.05, 0) is 18.1 Å². The zero-order chi connectivity index (χ0) is 18.6. The summed E-state index contributed by atoms with van der Waals surface area (Å²) >= 11 is 0. The second-order valence-corrected chi connectivity index (χ2v) is 6.39. The number of halogens is 2. The van der Waals surface area contributed by atoms with Crippen molar-refractivity contribution in [1.29, 1.82) is 0 Å². The van der Waals surface area contributed by atoms with Crippen molar-refractivity contribution in [1.82, 2.24) is 10.2 Å². The largest absolute Gasteiger partial charge is 0.487 e. The molecule has 2 rings (SSSR count). The standard InChI is InChI=1S/C17H22F2N2O4/c1-10(2)15(20-17(23)24)16(22)21-7-5-12(6-8-21)25-14-4-3-11(18)9-13(14)19/h3-4,9-10,12,15,20H,5-8H2,1-2H3,(H,23,24)/t15-/m0/s1. The van der Waals surface area contributed by atoms with Gasteiger partial charge in [0, 0.05) is 32.0 Å². The molecule has 2 N–H and O–H groups in total. The van der Waals surface area contributed by atoms with Crippen LogP contribution < -0.4 is 10.1 Å². The molecule has 0 saturated carbocycles. The Morgan fingerprint density at radius 3 is 2.44 bits per heavy atom. The molecule has 1 aliphatic rings. The zero-order valence-electron chi connectivity index (χ0n) is 14.2. The second kappa shape index (κ2) is 8.13. The van der Waals surface area contributed by atoms with E-state index in [0.717, 1.165) is 12.1 Å². The summed E-state index contributed by atoms with van der Waals surface area (Å²) in [4.78, 5) is 24.9. The molecule has 0 spiro atoms. The molecule has 2 amide bonds. The van der Waals surface area contributed by atoms with Crippen LogP contribution in [0.4, 0.5) is 13.6 Å². The average molecular weight is 356 g/mol. The van der Waals surface area contributed by atoms with Gasteiger partial charge >= 0.3 is 6.09 Å². The first-order valence-corrected chi connectivity index (χ1v) is 8.18. The summed E-state index contributed by atoms with van der Waals surface area (Å²) in [5, 5.41) is 11.1. The summed E-state index contributed by atoms with van der Waals surface area (Å²) in [6, 6.07) is 2.33. The molecule has 6 nitrogen and oxygen atoms in total. The molecule has 8 heteroatoms. The lowest BCUT2D eigenvalue weighted by atomic mass is 10.0. The Kier molecular flexibility index (Phi) is 6.17. The van der Waals surface area contributed by atoms with Crippen molar-refractivity contribution >= 4 is 12.0 Å². The summed E-state index contributed by atoms with van der Waals surface area (Å²) in [5.74, 6) is -1.89. The minimum absolute atomic E-state index is 0.0150. The van der Waals surface area contributed by atoms with Crippen LogP contribution in [0.25, 0.3) is 0 Å². The topological polar surface area (TPSA) is 78.9 Å². The van der Waals surface area contributed by atoms with Crippen LogP contribution in [0.15, 0.2) is 18.2 Å². The summed E-state index contributed by atoms with van der Waals surface area (Å²) in [6.45, 7) is 4.31. The van der Waals surface area contributed by atoms with E-state index in [-0.39, 0.29) is 23.7 Å². The van der Waals surface area contributed by atoms with Gasteiger partial charge in [0.2, 0.25) is 5.91 Å². The van der Waals surface area contributed by atoms with Crippen LogP contribution in [0.3, 0.4) is 0 Å². The van der Waals surface area contributed by atoms with E-state index in [1.807, 2.05) is 0 Å². The number of nitrogens with one attached hydrogen (secondary N) is 1. The number of benzene rings is 1. The van der Waals surface area contributed by atoms with E-state index in [9.17, 15) is 18.4 Å². The first-order chi connectivity index (χ1) is 11.8. The number of amides is 2. The number of piperidine rings is 1.